The summed E-state index contributed by atoms with van der Waals surface area (Å²) in [4.78, 5) is 38.3. The monoisotopic (exact) mass is 376 g/mol. The maximum atomic E-state index is 12.4. The average molecular weight is 376 g/mol. The zero-order chi connectivity index (χ0) is 20.4. The molecule has 2 atom stereocenters. The van der Waals surface area contributed by atoms with Crippen LogP contribution >= 0.6 is 0 Å². The maximum absolute atomic E-state index is 12.4. The summed E-state index contributed by atoms with van der Waals surface area (Å²) in [6.45, 7) is 9.29. The number of hydrogen-bond acceptors (Lipinski definition) is 5. The van der Waals surface area contributed by atoms with E-state index in [2.05, 4.69) is 5.32 Å². The number of nitrogens with zero attached hydrogens (tertiary/aromatic N) is 1. The zero-order valence-electron chi connectivity index (χ0n) is 16.7. The largest absolute Gasteiger partial charge is 0.497 e. The Hall–Kier alpha value is -2.57. The van der Waals surface area contributed by atoms with Gasteiger partial charge in [0.25, 0.3) is 5.91 Å². The lowest BCUT2D eigenvalue weighted by Gasteiger charge is -2.43. The quantitative estimate of drug-likeness (QED) is 0.609. The fourth-order valence-corrected chi connectivity index (χ4v) is 3.04. The number of amides is 2. The summed E-state index contributed by atoms with van der Waals surface area (Å²) in [6.07, 6.45) is -0.0646. The molecular weight excluding hydrogens is 348 g/mol. The predicted molar refractivity (Wildman–Crippen MR) is 102 cm³/mol. The van der Waals surface area contributed by atoms with Crippen molar-refractivity contribution in [1.29, 1.82) is 0 Å². The van der Waals surface area contributed by atoms with Crippen molar-refractivity contribution in [3.63, 3.8) is 0 Å². The van der Waals surface area contributed by atoms with E-state index >= 15 is 0 Å². The number of rotatable bonds is 6. The number of benzene rings is 1. The summed E-state index contributed by atoms with van der Waals surface area (Å²) in [7, 11) is 1.56. The van der Waals surface area contributed by atoms with Crippen LogP contribution in [0.4, 0.5) is 10.5 Å². The van der Waals surface area contributed by atoms with Gasteiger partial charge in [0.15, 0.2) is 0 Å². The average Bonchev–Trinajstić information content (AvgIpc) is 2.56. The topological polar surface area (TPSA) is 84.9 Å². The van der Waals surface area contributed by atoms with E-state index in [1.165, 1.54) is 4.90 Å². The van der Waals surface area contributed by atoms with E-state index in [4.69, 9.17) is 9.47 Å². The van der Waals surface area contributed by atoms with Gasteiger partial charge in [-0.1, -0.05) is 13.8 Å². The summed E-state index contributed by atoms with van der Waals surface area (Å²) in [6, 6.07) is 5.60. The van der Waals surface area contributed by atoms with Crippen molar-refractivity contribution >= 4 is 23.5 Å². The van der Waals surface area contributed by atoms with Gasteiger partial charge in [0, 0.05) is 5.69 Å². The van der Waals surface area contributed by atoms with Crippen molar-refractivity contribution in [3.05, 3.63) is 24.3 Å². The standard InChI is InChI=1S/C20H28N2O5/c1-12(2)11-15(21-19(25)27-20(3,4)5)16-17(23)18(24)22(16)13-7-9-14(26-6)10-8-13/h7-10,12,15-16H,11H2,1-6H3,(H,21,25)/t15-,16-/m0/s1. The number of carbonyl (C=O) groups excluding carboxylic acids is 3. The smallest absolute Gasteiger partial charge is 0.407 e. The van der Waals surface area contributed by atoms with Crippen LogP contribution in [0.25, 0.3) is 0 Å². The number of alkyl carbamates (subject to hydrolysis) is 1. The lowest BCUT2D eigenvalue weighted by Crippen LogP contribution is -2.70. The number of ether oxygens (including phenoxy) is 2. The summed E-state index contributed by atoms with van der Waals surface area (Å²) in [5.74, 6) is -0.219. The second kappa shape index (κ2) is 7.98. The number of anilines is 1. The Bertz CT molecular complexity index is 706. The minimum absolute atomic E-state index is 0.214. The van der Waals surface area contributed by atoms with E-state index in [0.29, 0.717) is 17.9 Å². The number of Topliss-reactive ketones (excluding diaryl/α,β-unsaturated/α-hetero) is 1. The molecule has 0 radical (unpaired) electrons. The van der Waals surface area contributed by atoms with Crippen molar-refractivity contribution in [1.82, 2.24) is 5.32 Å². The first-order valence-electron chi connectivity index (χ1n) is 9.04. The fourth-order valence-electron chi connectivity index (χ4n) is 3.04. The normalized spacial score (nSPS) is 18.2. The molecule has 1 fully saturated rings. The van der Waals surface area contributed by atoms with Crippen LogP contribution in [-0.2, 0) is 14.3 Å². The van der Waals surface area contributed by atoms with Crippen LogP contribution in [0, 0.1) is 5.92 Å². The second-order valence-electron chi connectivity index (χ2n) is 8.06. The highest BCUT2D eigenvalue weighted by Gasteiger charge is 2.51. The van der Waals surface area contributed by atoms with Crippen LogP contribution in [0.15, 0.2) is 24.3 Å². The van der Waals surface area contributed by atoms with Gasteiger partial charge in [0.1, 0.15) is 17.4 Å². The van der Waals surface area contributed by atoms with Crippen LogP contribution in [0.1, 0.15) is 41.0 Å². The highest BCUT2D eigenvalue weighted by Crippen LogP contribution is 2.31. The molecule has 7 heteroatoms. The fraction of sp³-hybridized carbons (Fsp3) is 0.550. The molecule has 0 aromatic heterocycles. The van der Waals surface area contributed by atoms with E-state index in [0.717, 1.165) is 0 Å². The van der Waals surface area contributed by atoms with Gasteiger partial charge in [-0.15, -0.1) is 0 Å². The molecule has 148 valence electrons. The zero-order valence-corrected chi connectivity index (χ0v) is 16.7. The van der Waals surface area contributed by atoms with Crippen LogP contribution in [0.3, 0.4) is 0 Å². The Balaban J connectivity index is 2.24. The summed E-state index contributed by atoms with van der Waals surface area (Å²) in [5.41, 5.74) is -0.0631. The third-order valence-corrected chi connectivity index (χ3v) is 4.14. The first-order chi connectivity index (χ1) is 12.5. The Morgan fingerprint density at radius 3 is 2.26 bits per heavy atom. The molecule has 0 spiro atoms. The molecule has 1 heterocycles. The summed E-state index contributed by atoms with van der Waals surface area (Å²) in [5, 5.41) is 2.78. The molecule has 1 N–H and O–H groups in total. The maximum Gasteiger partial charge on any atom is 0.407 e. The van der Waals surface area contributed by atoms with E-state index in [9.17, 15) is 14.4 Å². The van der Waals surface area contributed by atoms with Gasteiger partial charge in [0.2, 0.25) is 5.78 Å². The van der Waals surface area contributed by atoms with E-state index < -0.39 is 35.5 Å². The van der Waals surface area contributed by atoms with Gasteiger partial charge in [0.05, 0.1) is 13.2 Å². The third kappa shape index (κ3) is 4.99. The van der Waals surface area contributed by atoms with Gasteiger partial charge >= 0.3 is 6.09 Å². The second-order valence-corrected chi connectivity index (χ2v) is 8.06. The van der Waals surface area contributed by atoms with Crippen LogP contribution in [0.5, 0.6) is 5.75 Å². The Morgan fingerprint density at radius 1 is 1.19 bits per heavy atom. The highest BCUT2D eigenvalue weighted by atomic mass is 16.6. The number of β-lactam (4-membered cyclic amide) rings is 1. The van der Waals surface area contributed by atoms with Crippen LogP contribution < -0.4 is 15.0 Å². The van der Waals surface area contributed by atoms with Crippen molar-refractivity contribution in [3.8, 4) is 5.75 Å². The molecule has 1 aromatic rings. The number of ketones is 1. The van der Waals surface area contributed by atoms with E-state index in [1.54, 1.807) is 52.1 Å². The Labute approximate surface area is 160 Å². The van der Waals surface area contributed by atoms with Crippen molar-refractivity contribution in [2.45, 2.75) is 58.7 Å². The van der Waals surface area contributed by atoms with Gasteiger partial charge < -0.3 is 14.8 Å². The molecule has 0 bridgehead atoms. The SMILES string of the molecule is COc1ccc(N2C(=O)C(=O)[C@@H]2[C@H](CC(C)C)NC(=O)OC(C)(C)C)cc1. The summed E-state index contributed by atoms with van der Waals surface area (Å²) < 4.78 is 10.5. The van der Waals surface area contributed by atoms with E-state index in [-0.39, 0.29) is 5.92 Å². The molecule has 1 aliphatic heterocycles. The van der Waals surface area contributed by atoms with Crippen molar-refractivity contribution in [2.24, 2.45) is 5.92 Å². The molecular formula is C20H28N2O5. The molecule has 2 amide bonds. The molecule has 1 saturated heterocycles. The Morgan fingerprint density at radius 2 is 1.78 bits per heavy atom. The summed E-state index contributed by atoms with van der Waals surface area (Å²) >= 11 is 0. The third-order valence-electron chi connectivity index (χ3n) is 4.14. The molecule has 0 unspecified atom stereocenters. The predicted octanol–water partition coefficient (Wildman–Crippen LogP) is 2.92. The molecule has 2 rings (SSSR count). The van der Waals surface area contributed by atoms with Gasteiger partial charge in [-0.25, -0.2) is 4.79 Å². The molecule has 27 heavy (non-hydrogen) atoms. The number of methoxy groups -OCH3 is 1. The first-order valence-corrected chi connectivity index (χ1v) is 9.04. The number of carbonyl (C=O) groups is 3. The van der Waals surface area contributed by atoms with Gasteiger partial charge in [-0.3, -0.25) is 14.5 Å². The minimum Gasteiger partial charge on any atom is -0.497 e. The van der Waals surface area contributed by atoms with Gasteiger partial charge in [-0.2, -0.15) is 0 Å². The van der Waals surface area contributed by atoms with E-state index in [1.807, 2.05) is 13.8 Å². The van der Waals surface area contributed by atoms with Gasteiger partial charge in [-0.05, 0) is 57.4 Å². The van der Waals surface area contributed by atoms with Crippen LogP contribution in [0.2, 0.25) is 0 Å². The number of nitrogens with one attached hydrogen (secondary N) is 1. The Kier molecular flexibility index (Phi) is 6.13. The first kappa shape index (κ1) is 20.7. The molecule has 1 aromatic carbocycles. The molecule has 0 saturated carbocycles. The number of hydrogen-bond donors (Lipinski definition) is 1. The van der Waals surface area contributed by atoms with Crippen LogP contribution in [-0.4, -0.2) is 42.6 Å². The molecule has 7 nitrogen and oxygen atoms in total. The lowest BCUT2D eigenvalue weighted by molar-refractivity contribution is -0.144. The van der Waals surface area contributed by atoms with Crippen molar-refractivity contribution < 1.29 is 23.9 Å². The highest BCUT2D eigenvalue weighted by molar-refractivity contribution is 6.52. The minimum atomic E-state index is -0.749. The molecule has 0 aliphatic carbocycles. The lowest BCUT2D eigenvalue weighted by atomic mass is 9.87. The van der Waals surface area contributed by atoms with Crippen molar-refractivity contribution in [2.75, 3.05) is 12.0 Å². The molecule has 1 aliphatic rings.